The highest BCUT2D eigenvalue weighted by atomic mass is 16.3. The molecular formula is C64H106O2. The lowest BCUT2D eigenvalue weighted by atomic mass is 9.57. The van der Waals surface area contributed by atoms with Crippen molar-refractivity contribution in [2.24, 2.45) is 70.0 Å². The highest BCUT2D eigenvalue weighted by molar-refractivity contribution is 5.38. The second-order valence-corrected chi connectivity index (χ2v) is 25.9. The zero-order chi connectivity index (χ0) is 47.4. The van der Waals surface area contributed by atoms with Gasteiger partial charge in [-0.3, -0.25) is 0 Å². The van der Waals surface area contributed by atoms with Crippen LogP contribution in [0.25, 0.3) is 0 Å². The van der Waals surface area contributed by atoms with Crippen molar-refractivity contribution in [1.29, 1.82) is 0 Å². The number of fused-ring (bicyclic) bond motifs is 2. The van der Waals surface area contributed by atoms with E-state index in [4.69, 9.17) is 0 Å². The van der Waals surface area contributed by atoms with Crippen LogP contribution in [0, 0.1) is 70.0 Å². The summed E-state index contributed by atoms with van der Waals surface area (Å²) in [6.07, 6.45) is 48.1. The van der Waals surface area contributed by atoms with Crippen molar-refractivity contribution < 1.29 is 10.2 Å². The van der Waals surface area contributed by atoms with Gasteiger partial charge in [0.05, 0.1) is 12.2 Å². The van der Waals surface area contributed by atoms with Crippen LogP contribution in [0.5, 0.6) is 0 Å². The summed E-state index contributed by atoms with van der Waals surface area (Å²) in [6, 6.07) is 0. The monoisotopic (exact) mass is 907 g/mol. The van der Waals surface area contributed by atoms with E-state index in [0.717, 1.165) is 97.7 Å². The van der Waals surface area contributed by atoms with E-state index in [0.29, 0.717) is 10.8 Å². The van der Waals surface area contributed by atoms with Gasteiger partial charge in [0.2, 0.25) is 0 Å². The van der Waals surface area contributed by atoms with Crippen molar-refractivity contribution in [3.05, 3.63) is 70.9 Å². The third kappa shape index (κ3) is 14.5. The van der Waals surface area contributed by atoms with Gasteiger partial charge in [0.1, 0.15) is 0 Å². The second kappa shape index (κ2) is 25.5. The smallest absolute Gasteiger partial charge is 0.0583 e. The maximum absolute atomic E-state index is 10.5. The summed E-state index contributed by atoms with van der Waals surface area (Å²) in [7, 11) is 0. The number of hydrogen-bond donors (Lipinski definition) is 2. The lowest BCUT2D eigenvalue weighted by Gasteiger charge is -2.47. The molecule has 2 nitrogen and oxygen atoms in total. The molecule has 0 bridgehead atoms. The van der Waals surface area contributed by atoms with Crippen molar-refractivity contribution in [3.63, 3.8) is 0 Å². The lowest BCUT2D eigenvalue weighted by molar-refractivity contribution is 0.0628. The van der Waals surface area contributed by atoms with Gasteiger partial charge in [0, 0.05) is 0 Å². The Morgan fingerprint density at radius 1 is 0.485 bits per heavy atom. The van der Waals surface area contributed by atoms with E-state index in [-0.39, 0.29) is 12.2 Å². The number of allylic oxidation sites excluding steroid dienone is 8. The van der Waals surface area contributed by atoms with Crippen LogP contribution in [0.15, 0.2) is 70.9 Å². The largest absolute Gasteiger partial charge is 0.393 e. The highest BCUT2D eigenvalue weighted by Gasteiger charge is 2.54. The van der Waals surface area contributed by atoms with Gasteiger partial charge in [-0.1, -0.05) is 218 Å². The summed E-state index contributed by atoms with van der Waals surface area (Å²) in [4.78, 5) is 0. The first kappa shape index (κ1) is 53.7. The summed E-state index contributed by atoms with van der Waals surface area (Å²) in [6.45, 7) is 29.0. The SMILES string of the molecule is C=C1CC[C@H](O)C/C1=C/C=C1\C[C@H](CCCCCCCCCC[C@H]2C/C(=C\C=C3\C[C@@H](O)CCC3=C)[C@@H]3CC[C@H]([C@H](C)CCCC(C)C)[C@@]3(C)C2)C[C@]2(C)[C@@H]([C@H](C)CCCC(C)C)CC[C@@H]12. The maximum Gasteiger partial charge on any atom is 0.0583 e. The Labute approximate surface area is 409 Å². The third-order valence-electron chi connectivity index (χ3n) is 19.8. The quantitative estimate of drug-likeness (QED) is 0.100. The number of aliphatic hydroxyl groups is 2. The summed E-state index contributed by atoms with van der Waals surface area (Å²) in [5, 5.41) is 20.9. The van der Waals surface area contributed by atoms with E-state index in [1.165, 1.54) is 176 Å². The van der Waals surface area contributed by atoms with Crippen LogP contribution in [0.2, 0.25) is 0 Å². The molecule has 0 spiro atoms. The minimum atomic E-state index is -0.200. The fraction of sp³-hybridized carbons (Fsp3) is 0.812. The zero-order valence-electron chi connectivity index (χ0n) is 44.8. The Balaban J connectivity index is 0.970. The molecule has 0 saturated heterocycles. The molecule has 6 aliphatic carbocycles. The predicted octanol–water partition coefficient (Wildman–Crippen LogP) is 18.6. The van der Waals surface area contributed by atoms with E-state index in [1.54, 1.807) is 11.1 Å². The van der Waals surface area contributed by atoms with Gasteiger partial charge in [-0.05, 0) is 171 Å². The molecule has 0 aliphatic heterocycles. The standard InChI is InChI=1S/C64H106O2/c1-45(2)21-19-23-49(7)59-35-37-61-55(31-29-53-41-57(65)33-27-47(53)5)39-51(43-63(59,61)9)25-17-15-13-11-12-14-16-18-26-52-40-56(32-30-54-42-58(66)34-28-48(54)6)62-38-36-60(64(62,10)44-52)50(8)24-20-22-46(3)4/h29-32,45-46,49-52,57-62,65-66H,5-6,11-28,33-44H2,1-4,7-10H3/b53-29-,54-30-,55-31+,56-32+/t49-,50-,51+,52+,57+,58+,59-,60-,61+,62+,63-,64-/m1/s1. The topological polar surface area (TPSA) is 40.5 Å². The van der Waals surface area contributed by atoms with Crippen LogP contribution < -0.4 is 0 Å². The average molecular weight is 908 g/mol. The Hall–Kier alpha value is -1.64. The fourth-order valence-corrected chi connectivity index (χ4v) is 16.1. The molecule has 2 N–H and O–H groups in total. The van der Waals surface area contributed by atoms with Gasteiger partial charge in [-0.25, -0.2) is 0 Å². The minimum absolute atomic E-state index is 0.200. The van der Waals surface area contributed by atoms with Crippen LogP contribution in [-0.4, -0.2) is 22.4 Å². The molecule has 0 heterocycles. The Morgan fingerprint density at radius 3 is 1.24 bits per heavy atom. The van der Waals surface area contributed by atoms with Crippen LogP contribution in [-0.2, 0) is 0 Å². The van der Waals surface area contributed by atoms with E-state index in [9.17, 15) is 10.2 Å². The predicted molar refractivity (Wildman–Crippen MR) is 286 cm³/mol. The molecule has 2 heteroatoms. The summed E-state index contributed by atoms with van der Waals surface area (Å²) < 4.78 is 0. The van der Waals surface area contributed by atoms with Crippen molar-refractivity contribution in [2.75, 3.05) is 0 Å². The van der Waals surface area contributed by atoms with Crippen molar-refractivity contribution in [3.8, 4) is 0 Å². The molecule has 0 unspecified atom stereocenters. The van der Waals surface area contributed by atoms with E-state index in [1.807, 2.05) is 0 Å². The van der Waals surface area contributed by atoms with Crippen LogP contribution >= 0.6 is 0 Å². The molecule has 374 valence electrons. The summed E-state index contributed by atoms with van der Waals surface area (Å²) >= 11 is 0. The molecule has 6 rings (SSSR count). The molecule has 6 fully saturated rings. The first-order valence-corrected chi connectivity index (χ1v) is 29.1. The Bertz CT molecular complexity index is 1550. The highest BCUT2D eigenvalue weighted by Crippen LogP contribution is 2.63. The molecule has 0 radical (unpaired) electrons. The maximum atomic E-state index is 10.5. The van der Waals surface area contributed by atoms with Crippen molar-refractivity contribution in [1.82, 2.24) is 0 Å². The number of unbranched alkanes of at least 4 members (excludes halogenated alkanes) is 7. The van der Waals surface area contributed by atoms with Gasteiger partial charge < -0.3 is 10.2 Å². The summed E-state index contributed by atoms with van der Waals surface area (Å²) in [5.41, 5.74) is 9.44. The van der Waals surface area contributed by atoms with Gasteiger partial charge in [0.15, 0.2) is 0 Å². The molecule has 6 aliphatic rings. The molecule has 12 atom stereocenters. The van der Waals surface area contributed by atoms with E-state index >= 15 is 0 Å². The fourth-order valence-electron chi connectivity index (χ4n) is 16.1. The van der Waals surface area contributed by atoms with Crippen molar-refractivity contribution >= 4 is 0 Å². The van der Waals surface area contributed by atoms with Crippen LogP contribution in [0.3, 0.4) is 0 Å². The Kier molecular flexibility index (Phi) is 20.7. The Morgan fingerprint density at radius 2 is 0.864 bits per heavy atom. The zero-order valence-corrected chi connectivity index (χ0v) is 44.8. The average Bonchev–Trinajstić information content (AvgIpc) is 3.81. The molecule has 0 amide bonds. The normalized spacial score (nSPS) is 36.3. The second-order valence-electron chi connectivity index (χ2n) is 25.9. The van der Waals surface area contributed by atoms with Gasteiger partial charge in [-0.2, -0.15) is 0 Å². The summed E-state index contributed by atoms with van der Waals surface area (Å²) in [5.74, 6) is 8.06. The van der Waals surface area contributed by atoms with Crippen LogP contribution in [0.4, 0.5) is 0 Å². The van der Waals surface area contributed by atoms with Crippen LogP contribution in [0.1, 0.15) is 248 Å². The van der Waals surface area contributed by atoms with Gasteiger partial charge in [-0.15, -0.1) is 0 Å². The molecule has 0 aromatic rings. The number of aliphatic hydroxyl groups excluding tert-OH is 2. The molecule has 0 aromatic carbocycles. The van der Waals surface area contributed by atoms with E-state index < -0.39 is 0 Å². The third-order valence-corrected chi connectivity index (χ3v) is 19.8. The number of hydrogen-bond acceptors (Lipinski definition) is 2. The van der Waals surface area contributed by atoms with Gasteiger partial charge in [0.25, 0.3) is 0 Å². The molecule has 6 saturated carbocycles. The molecule has 0 aromatic heterocycles. The van der Waals surface area contributed by atoms with E-state index in [2.05, 4.69) is 92.9 Å². The first-order chi connectivity index (χ1) is 31.6. The lowest BCUT2D eigenvalue weighted by Crippen LogP contribution is -2.39. The number of rotatable bonds is 23. The first-order valence-electron chi connectivity index (χ1n) is 29.1. The van der Waals surface area contributed by atoms with Crippen molar-refractivity contribution in [2.45, 2.75) is 260 Å². The molecular weight excluding hydrogens is 801 g/mol. The molecule has 66 heavy (non-hydrogen) atoms. The van der Waals surface area contributed by atoms with Gasteiger partial charge >= 0.3 is 0 Å². The minimum Gasteiger partial charge on any atom is -0.393 e.